The molecule has 2 N–H and O–H groups in total. The quantitative estimate of drug-likeness (QED) is 0.840. The molecule has 5 heteroatoms. The fraction of sp³-hybridized carbons (Fsp3) is 0.625. The van der Waals surface area contributed by atoms with E-state index in [4.69, 9.17) is 19.9 Å². The predicted octanol–water partition coefficient (Wildman–Crippen LogP) is 3.82. The van der Waals surface area contributed by atoms with Crippen molar-refractivity contribution in [2.45, 2.75) is 44.2 Å². The van der Waals surface area contributed by atoms with Crippen LogP contribution in [0.2, 0.25) is 0 Å². The maximum atomic E-state index is 6.59. The third-order valence-corrected chi connectivity index (χ3v) is 5.05. The Labute approximate surface area is 135 Å². The van der Waals surface area contributed by atoms with E-state index in [9.17, 15) is 0 Å². The van der Waals surface area contributed by atoms with Gasteiger partial charge in [-0.3, -0.25) is 0 Å². The number of hydrogen-bond donors (Lipinski definition) is 1. The third-order valence-electron chi connectivity index (χ3n) is 4.30. The first-order valence-corrected chi connectivity index (χ1v) is 8.19. The molecule has 2 rings (SSSR count). The second-order valence-corrected chi connectivity index (χ2v) is 6.18. The lowest BCUT2D eigenvalue weighted by Crippen LogP contribution is -2.41. The van der Waals surface area contributed by atoms with Gasteiger partial charge in [-0.15, -0.1) is 0 Å². The van der Waals surface area contributed by atoms with E-state index in [1.54, 1.807) is 14.2 Å². The van der Waals surface area contributed by atoms with Crippen molar-refractivity contribution in [3.8, 4) is 11.5 Å². The van der Waals surface area contributed by atoms with Crippen molar-refractivity contribution < 1.29 is 14.2 Å². The zero-order chi connectivity index (χ0) is 15.5. The molecule has 1 aromatic rings. The molecule has 21 heavy (non-hydrogen) atoms. The van der Waals surface area contributed by atoms with E-state index in [0.717, 1.165) is 47.2 Å². The van der Waals surface area contributed by atoms with Crippen LogP contribution >= 0.6 is 15.9 Å². The molecule has 0 aromatic heterocycles. The van der Waals surface area contributed by atoms with Gasteiger partial charge in [0.25, 0.3) is 0 Å². The summed E-state index contributed by atoms with van der Waals surface area (Å²) >= 11 is 3.54. The van der Waals surface area contributed by atoms with Gasteiger partial charge >= 0.3 is 0 Å². The van der Waals surface area contributed by atoms with Gasteiger partial charge in [0, 0.05) is 12.2 Å². The van der Waals surface area contributed by atoms with Crippen LogP contribution in [0.3, 0.4) is 0 Å². The van der Waals surface area contributed by atoms with Crippen molar-refractivity contribution in [2.24, 2.45) is 5.73 Å². The van der Waals surface area contributed by atoms with Crippen LogP contribution in [0, 0.1) is 0 Å². The van der Waals surface area contributed by atoms with Crippen molar-refractivity contribution >= 4 is 15.9 Å². The van der Waals surface area contributed by atoms with Crippen LogP contribution in [-0.4, -0.2) is 26.4 Å². The van der Waals surface area contributed by atoms with Crippen LogP contribution in [0.1, 0.15) is 44.2 Å². The lowest BCUT2D eigenvalue weighted by Gasteiger charge is -2.36. The van der Waals surface area contributed by atoms with Crippen LogP contribution in [-0.2, 0) is 4.74 Å². The molecule has 1 aromatic carbocycles. The van der Waals surface area contributed by atoms with Crippen LogP contribution in [0.5, 0.6) is 11.5 Å². The minimum Gasteiger partial charge on any atom is -0.495 e. The standard InChI is InChI=1S/C16H24BrNO3/c1-4-21-16(9-5-6-10-16)15(18)11-7-8-12(19-2)13(17)14(11)20-3/h7-8,15H,4-6,9-10,18H2,1-3H3. The highest BCUT2D eigenvalue weighted by Gasteiger charge is 2.42. The molecule has 0 bridgehead atoms. The summed E-state index contributed by atoms with van der Waals surface area (Å²) < 4.78 is 17.8. The second kappa shape index (κ2) is 6.99. The van der Waals surface area contributed by atoms with Gasteiger partial charge in [-0.05, 0) is 47.8 Å². The summed E-state index contributed by atoms with van der Waals surface area (Å²) in [6.07, 6.45) is 4.31. The molecule has 1 unspecified atom stereocenters. The van der Waals surface area contributed by atoms with E-state index >= 15 is 0 Å². The highest BCUT2D eigenvalue weighted by Crippen LogP contribution is 2.47. The van der Waals surface area contributed by atoms with Crippen LogP contribution in [0.25, 0.3) is 0 Å². The molecule has 0 aliphatic heterocycles. The number of halogens is 1. The van der Waals surface area contributed by atoms with Crippen LogP contribution < -0.4 is 15.2 Å². The van der Waals surface area contributed by atoms with Crippen LogP contribution in [0.4, 0.5) is 0 Å². The molecule has 118 valence electrons. The number of benzene rings is 1. The number of rotatable bonds is 6. The van der Waals surface area contributed by atoms with Crippen LogP contribution in [0.15, 0.2) is 16.6 Å². The summed E-state index contributed by atoms with van der Waals surface area (Å²) in [5.74, 6) is 1.47. The molecule has 1 saturated carbocycles. The highest BCUT2D eigenvalue weighted by molar-refractivity contribution is 9.10. The SMILES string of the molecule is CCOC1(C(N)c2ccc(OC)c(Br)c2OC)CCCC1. The largest absolute Gasteiger partial charge is 0.495 e. The van der Waals surface area contributed by atoms with Gasteiger partial charge in [-0.2, -0.15) is 0 Å². The molecule has 4 nitrogen and oxygen atoms in total. The molecule has 0 heterocycles. The molecule has 1 atom stereocenters. The van der Waals surface area contributed by atoms with E-state index in [1.807, 2.05) is 19.1 Å². The Morgan fingerprint density at radius 1 is 1.24 bits per heavy atom. The predicted molar refractivity (Wildman–Crippen MR) is 87.0 cm³/mol. The summed E-state index contributed by atoms with van der Waals surface area (Å²) in [7, 11) is 3.29. The molecule has 0 saturated heterocycles. The van der Waals surface area contributed by atoms with Crippen molar-refractivity contribution in [1.82, 2.24) is 0 Å². The number of hydrogen-bond acceptors (Lipinski definition) is 4. The first kappa shape index (κ1) is 16.6. The van der Waals surface area contributed by atoms with Crippen molar-refractivity contribution in [3.63, 3.8) is 0 Å². The molecule has 1 aliphatic rings. The van der Waals surface area contributed by atoms with E-state index < -0.39 is 0 Å². The molecule has 1 fully saturated rings. The summed E-state index contributed by atoms with van der Waals surface area (Å²) in [6.45, 7) is 2.70. The summed E-state index contributed by atoms with van der Waals surface area (Å²) in [6, 6.07) is 3.68. The highest BCUT2D eigenvalue weighted by atomic mass is 79.9. The van der Waals surface area contributed by atoms with E-state index in [2.05, 4.69) is 15.9 Å². The van der Waals surface area contributed by atoms with Gasteiger partial charge in [-0.1, -0.05) is 12.8 Å². The lowest BCUT2D eigenvalue weighted by molar-refractivity contribution is -0.0540. The summed E-state index contributed by atoms with van der Waals surface area (Å²) in [5, 5.41) is 0. The Kier molecular flexibility index (Phi) is 5.52. The van der Waals surface area contributed by atoms with Crippen molar-refractivity contribution in [1.29, 1.82) is 0 Å². The molecule has 0 spiro atoms. The van der Waals surface area contributed by atoms with Gasteiger partial charge in [0.05, 0.1) is 25.9 Å². The maximum Gasteiger partial charge on any atom is 0.141 e. The second-order valence-electron chi connectivity index (χ2n) is 5.39. The number of nitrogens with two attached hydrogens (primary N) is 1. The van der Waals surface area contributed by atoms with Gasteiger partial charge < -0.3 is 19.9 Å². The fourth-order valence-corrected chi connectivity index (χ4v) is 3.94. The fourth-order valence-electron chi connectivity index (χ4n) is 3.25. The average molecular weight is 358 g/mol. The minimum atomic E-state index is -0.282. The molecule has 0 radical (unpaired) electrons. The van der Waals surface area contributed by atoms with Gasteiger partial charge in [0.1, 0.15) is 16.0 Å². The molecule has 1 aliphatic carbocycles. The Hall–Kier alpha value is -0.780. The topological polar surface area (TPSA) is 53.7 Å². The maximum absolute atomic E-state index is 6.59. The number of ether oxygens (including phenoxy) is 3. The normalized spacial score (nSPS) is 18.5. The van der Waals surface area contributed by atoms with Gasteiger partial charge in [0.2, 0.25) is 0 Å². The first-order chi connectivity index (χ1) is 10.1. The zero-order valence-corrected chi connectivity index (χ0v) is 14.5. The molecular formula is C16H24BrNO3. The average Bonchev–Trinajstić information content (AvgIpc) is 2.96. The zero-order valence-electron chi connectivity index (χ0n) is 12.9. The summed E-state index contributed by atoms with van der Waals surface area (Å²) in [4.78, 5) is 0. The summed E-state index contributed by atoms with van der Waals surface area (Å²) in [5.41, 5.74) is 7.27. The Morgan fingerprint density at radius 2 is 1.90 bits per heavy atom. The van der Waals surface area contributed by atoms with E-state index in [0.29, 0.717) is 6.61 Å². The van der Waals surface area contributed by atoms with Crippen molar-refractivity contribution in [3.05, 3.63) is 22.2 Å². The smallest absolute Gasteiger partial charge is 0.141 e. The minimum absolute atomic E-state index is 0.211. The van der Waals surface area contributed by atoms with Crippen molar-refractivity contribution in [2.75, 3.05) is 20.8 Å². The first-order valence-electron chi connectivity index (χ1n) is 7.39. The van der Waals surface area contributed by atoms with E-state index in [-0.39, 0.29) is 11.6 Å². The van der Waals surface area contributed by atoms with Gasteiger partial charge in [-0.25, -0.2) is 0 Å². The molecule has 0 amide bonds. The van der Waals surface area contributed by atoms with Gasteiger partial charge in [0.15, 0.2) is 0 Å². The number of methoxy groups -OCH3 is 2. The monoisotopic (exact) mass is 357 g/mol. The van der Waals surface area contributed by atoms with E-state index in [1.165, 1.54) is 0 Å². The Morgan fingerprint density at radius 3 is 2.43 bits per heavy atom. The lowest BCUT2D eigenvalue weighted by atomic mass is 9.87. The Balaban J connectivity index is 2.42. The Bertz CT molecular complexity index is 487. The molecular weight excluding hydrogens is 334 g/mol. The third kappa shape index (κ3) is 3.05.